The first-order valence-electron chi connectivity index (χ1n) is 8.89. The van der Waals surface area contributed by atoms with E-state index < -0.39 is 0 Å². The highest BCUT2D eigenvalue weighted by molar-refractivity contribution is 6.32. The number of halogens is 1. The van der Waals surface area contributed by atoms with E-state index in [2.05, 4.69) is 35.2 Å². The number of aromatic nitrogens is 6. The molecule has 1 saturated carbocycles. The number of rotatable bonds is 2. The molecule has 10 heteroatoms. The predicted octanol–water partition coefficient (Wildman–Crippen LogP) is 4.40. The smallest absolute Gasteiger partial charge is 0.248 e. The molecular formula is C19H16ClN9. The van der Waals surface area contributed by atoms with Gasteiger partial charge in [0.25, 0.3) is 0 Å². The van der Waals surface area contributed by atoms with Crippen molar-refractivity contribution in [3.63, 3.8) is 0 Å². The molecule has 0 aromatic carbocycles. The molecule has 0 saturated heterocycles. The molecule has 1 fully saturated rings. The van der Waals surface area contributed by atoms with Crippen molar-refractivity contribution in [1.82, 2.24) is 29.2 Å². The van der Waals surface area contributed by atoms with Crippen molar-refractivity contribution < 1.29 is 0 Å². The standard InChI is InChI=1S/C11H11N5.C8H5ClN4/c1-7-10(12-2)11(15-8-3-4-8)16-9(14-7)5-6-13-16;1-5-7(10-2)8(9)13-6(12-5)3-4-11-13/h5-6,8,15H,3-4H2,1H3;3-4H,1H3. The fraction of sp³-hybridized carbons (Fsp3) is 0.263. The van der Waals surface area contributed by atoms with Gasteiger partial charge >= 0.3 is 0 Å². The molecule has 144 valence electrons. The van der Waals surface area contributed by atoms with E-state index in [1.165, 1.54) is 17.4 Å². The lowest BCUT2D eigenvalue weighted by Gasteiger charge is -2.10. The maximum atomic E-state index is 7.22. The molecule has 1 N–H and O–H groups in total. The molecule has 0 unspecified atom stereocenters. The summed E-state index contributed by atoms with van der Waals surface area (Å²) in [7, 11) is 0. The second-order valence-electron chi connectivity index (χ2n) is 6.58. The summed E-state index contributed by atoms with van der Waals surface area (Å²) >= 11 is 5.94. The summed E-state index contributed by atoms with van der Waals surface area (Å²) in [5.41, 5.74) is 3.77. The van der Waals surface area contributed by atoms with E-state index in [0.29, 0.717) is 33.9 Å². The summed E-state index contributed by atoms with van der Waals surface area (Å²) in [4.78, 5) is 15.3. The molecule has 4 heterocycles. The van der Waals surface area contributed by atoms with Gasteiger partial charge in [-0.2, -0.15) is 10.2 Å². The molecule has 0 aliphatic heterocycles. The molecule has 0 bridgehead atoms. The maximum absolute atomic E-state index is 7.22. The minimum Gasteiger partial charge on any atom is -0.376 e. The molecule has 1 aliphatic carbocycles. The Kier molecular flexibility index (Phi) is 4.75. The molecule has 0 spiro atoms. The lowest BCUT2D eigenvalue weighted by atomic mass is 10.3. The van der Waals surface area contributed by atoms with Gasteiger partial charge in [0.05, 0.1) is 31.2 Å². The fourth-order valence-electron chi connectivity index (χ4n) is 2.87. The Morgan fingerprint density at radius 2 is 1.52 bits per heavy atom. The highest BCUT2D eigenvalue weighted by atomic mass is 35.5. The van der Waals surface area contributed by atoms with Crippen molar-refractivity contribution in [2.24, 2.45) is 0 Å². The van der Waals surface area contributed by atoms with Crippen LogP contribution in [0, 0.1) is 27.0 Å². The van der Waals surface area contributed by atoms with Gasteiger partial charge in [-0.3, -0.25) is 0 Å². The van der Waals surface area contributed by atoms with Gasteiger partial charge in [0.15, 0.2) is 11.3 Å². The molecule has 29 heavy (non-hydrogen) atoms. The van der Waals surface area contributed by atoms with E-state index >= 15 is 0 Å². The number of nitrogens with one attached hydrogen (secondary N) is 1. The first kappa shape index (κ1) is 18.7. The SMILES string of the molecule is [C-]#[N+]c1c(C)nc2ccnn2c1Cl.[C-]#[N+]c1c(C)nc2ccnn2c1NC1CC1. The second-order valence-corrected chi connectivity index (χ2v) is 6.93. The van der Waals surface area contributed by atoms with E-state index in [-0.39, 0.29) is 0 Å². The maximum Gasteiger partial charge on any atom is 0.248 e. The van der Waals surface area contributed by atoms with Gasteiger partial charge in [-0.05, 0) is 26.7 Å². The Balaban J connectivity index is 0.000000145. The number of anilines is 1. The normalized spacial score (nSPS) is 12.9. The van der Waals surface area contributed by atoms with Crippen LogP contribution < -0.4 is 5.32 Å². The third kappa shape index (κ3) is 3.44. The second kappa shape index (κ2) is 7.38. The zero-order valence-corrected chi connectivity index (χ0v) is 16.5. The average Bonchev–Trinajstić information content (AvgIpc) is 3.18. The van der Waals surface area contributed by atoms with Crippen molar-refractivity contribution in [2.75, 3.05) is 5.32 Å². The van der Waals surface area contributed by atoms with Crippen LogP contribution >= 0.6 is 11.6 Å². The lowest BCUT2D eigenvalue weighted by Crippen LogP contribution is -2.08. The molecule has 0 atom stereocenters. The minimum atomic E-state index is 0.322. The Bertz CT molecular complexity index is 1300. The molecule has 0 amide bonds. The van der Waals surface area contributed by atoms with E-state index in [1.54, 1.807) is 29.9 Å². The van der Waals surface area contributed by atoms with E-state index in [1.807, 2.05) is 13.0 Å². The Labute approximate surface area is 171 Å². The van der Waals surface area contributed by atoms with Crippen LogP contribution in [0.5, 0.6) is 0 Å². The molecule has 9 nitrogen and oxygen atoms in total. The number of hydrogen-bond acceptors (Lipinski definition) is 5. The topological polar surface area (TPSA) is 81.1 Å². The van der Waals surface area contributed by atoms with Crippen LogP contribution in [-0.4, -0.2) is 35.2 Å². The van der Waals surface area contributed by atoms with Gasteiger partial charge in [0, 0.05) is 23.9 Å². The Morgan fingerprint density at radius 3 is 2.10 bits per heavy atom. The van der Waals surface area contributed by atoms with E-state index in [9.17, 15) is 0 Å². The Hall–Kier alpha value is -3.69. The zero-order chi connectivity index (χ0) is 20.5. The zero-order valence-electron chi connectivity index (χ0n) is 15.8. The van der Waals surface area contributed by atoms with Crippen molar-refractivity contribution in [1.29, 1.82) is 0 Å². The summed E-state index contributed by atoms with van der Waals surface area (Å²) < 4.78 is 3.15. The number of aryl methyl sites for hydroxylation is 2. The third-order valence-electron chi connectivity index (χ3n) is 4.45. The van der Waals surface area contributed by atoms with Crippen molar-refractivity contribution in [3.05, 3.63) is 63.9 Å². The first-order chi connectivity index (χ1) is 14.0. The molecule has 4 aromatic rings. The number of hydrogen-bond donors (Lipinski definition) is 1. The summed E-state index contributed by atoms with van der Waals surface area (Å²) in [6, 6.07) is 4.08. The van der Waals surface area contributed by atoms with Gasteiger partial charge < -0.3 is 5.32 Å². The summed E-state index contributed by atoms with van der Waals surface area (Å²) in [5.74, 6) is 0.782. The van der Waals surface area contributed by atoms with Crippen LogP contribution in [-0.2, 0) is 0 Å². The van der Waals surface area contributed by atoms with Crippen LogP contribution in [0.2, 0.25) is 5.15 Å². The summed E-state index contributed by atoms with van der Waals surface area (Å²) in [6.07, 6.45) is 5.64. The summed E-state index contributed by atoms with van der Waals surface area (Å²) in [6.45, 7) is 17.8. The first-order valence-corrected chi connectivity index (χ1v) is 9.27. The highest BCUT2D eigenvalue weighted by Crippen LogP contribution is 2.33. The molecular weight excluding hydrogens is 390 g/mol. The van der Waals surface area contributed by atoms with Gasteiger partial charge in [0.1, 0.15) is 11.0 Å². The van der Waals surface area contributed by atoms with Crippen LogP contribution in [0.25, 0.3) is 21.0 Å². The van der Waals surface area contributed by atoms with Gasteiger partial charge in [-0.15, -0.1) is 0 Å². The molecule has 4 aromatic heterocycles. The lowest BCUT2D eigenvalue weighted by molar-refractivity contribution is 0.921. The van der Waals surface area contributed by atoms with Gasteiger partial charge in [-0.25, -0.2) is 28.7 Å². The quantitative estimate of drug-likeness (QED) is 0.394. The summed E-state index contributed by atoms with van der Waals surface area (Å²) in [5, 5.41) is 11.8. The monoisotopic (exact) mass is 405 g/mol. The van der Waals surface area contributed by atoms with Gasteiger partial charge in [-0.1, -0.05) is 11.6 Å². The average molecular weight is 406 g/mol. The number of nitrogens with zero attached hydrogens (tertiary/aromatic N) is 8. The highest BCUT2D eigenvalue weighted by Gasteiger charge is 2.24. The van der Waals surface area contributed by atoms with Crippen molar-refractivity contribution in [2.45, 2.75) is 32.7 Å². The van der Waals surface area contributed by atoms with Crippen molar-refractivity contribution in [3.8, 4) is 0 Å². The van der Waals surface area contributed by atoms with Gasteiger partial charge in [0.2, 0.25) is 11.4 Å². The van der Waals surface area contributed by atoms with Crippen LogP contribution in [0.4, 0.5) is 17.2 Å². The Morgan fingerprint density at radius 1 is 0.966 bits per heavy atom. The minimum absolute atomic E-state index is 0.322. The fourth-order valence-corrected chi connectivity index (χ4v) is 3.18. The molecule has 5 rings (SSSR count). The predicted molar refractivity (Wildman–Crippen MR) is 110 cm³/mol. The molecule has 1 aliphatic rings. The number of fused-ring (bicyclic) bond motifs is 2. The van der Waals surface area contributed by atoms with E-state index in [4.69, 9.17) is 24.7 Å². The third-order valence-corrected chi connectivity index (χ3v) is 4.79. The van der Waals surface area contributed by atoms with Crippen molar-refractivity contribution >= 4 is 40.1 Å². The largest absolute Gasteiger partial charge is 0.376 e. The van der Waals surface area contributed by atoms with E-state index in [0.717, 1.165) is 17.2 Å². The molecule has 0 radical (unpaired) electrons. The van der Waals surface area contributed by atoms with Crippen LogP contribution in [0.3, 0.4) is 0 Å². The van der Waals surface area contributed by atoms with Crippen LogP contribution in [0.1, 0.15) is 24.2 Å². The van der Waals surface area contributed by atoms with Crippen LogP contribution in [0.15, 0.2) is 24.5 Å².